The topological polar surface area (TPSA) is 81.2 Å². The lowest BCUT2D eigenvalue weighted by Crippen LogP contribution is -2.53. The highest BCUT2D eigenvalue weighted by Crippen LogP contribution is 2.31. The van der Waals surface area contributed by atoms with Gasteiger partial charge >= 0.3 is 5.97 Å². The number of carbonyl (C=O) groups is 2. The standard InChI is InChI=1S/C21H25N3O3S/c1-4-27-19(26)21(11-5-6-12-21)24-18(25)16-7-9-17(10-8-16)28-20-22-14(2)13-15(3)23-20/h7-10,13H,4-6,11-12H2,1-3H3,(H,24,25). The van der Waals surface area contributed by atoms with E-state index in [-0.39, 0.29) is 11.9 Å². The molecular weight excluding hydrogens is 374 g/mol. The van der Waals surface area contributed by atoms with Gasteiger partial charge in [0.2, 0.25) is 0 Å². The third kappa shape index (κ3) is 4.70. The van der Waals surface area contributed by atoms with Crippen LogP contribution in [0, 0.1) is 13.8 Å². The molecule has 1 amide bonds. The fourth-order valence-electron chi connectivity index (χ4n) is 3.44. The summed E-state index contributed by atoms with van der Waals surface area (Å²) in [5.74, 6) is -0.589. The molecule has 6 nitrogen and oxygen atoms in total. The lowest BCUT2D eigenvalue weighted by atomic mass is 9.97. The molecule has 0 saturated heterocycles. The Balaban J connectivity index is 1.70. The van der Waals surface area contributed by atoms with Gasteiger partial charge in [-0.25, -0.2) is 14.8 Å². The van der Waals surface area contributed by atoms with Crippen LogP contribution in [0.3, 0.4) is 0 Å². The molecule has 3 rings (SSSR count). The maximum atomic E-state index is 12.7. The number of amides is 1. The molecule has 1 aromatic carbocycles. The Morgan fingerprint density at radius 1 is 1.11 bits per heavy atom. The number of esters is 1. The Morgan fingerprint density at radius 3 is 2.29 bits per heavy atom. The number of carbonyl (C=O) groups excluding carboxylic acids is 2. The van der Waals surface area contributed by atoms with Gasteiger partial charge < -0.3 is 10.1 Å². The fourth-order valence-corrected chi connectivity index (χ4v) is 4.30. The van der Waals surface area contributed by atoms with Crippen molar-refractivity contribution >= 4 is 23.6 Å². The van der Waals surface area contributed by atoms with Gasteiger partial charge in [-0.15, -0.1) is 0 Å². The Morgan fingerprint density at radius 2 is 1.71 bits per heavy atom. The zero-order valence-electron chi connectivity index (χ0n) is 16.4. The first-order valence-corrected chi connectivity index (χ1v) is 10.3. The van der Waals surface area contributed by atoms with Crippen molar-refractivity contribution in [2.75, 3.05) is 6.61 Å². The van der Waals surface area contributed by atoms with Crippen LogP contribution in [0.2, 0.25) is 0 Å². The van der Waals surface area contributed by atoms with E-state index in [9.17, 15) is 9.59 Å². The zero-order chi connectivity index (χ0) is 20.1. The maximum Gasteiger partial charge on any atom is 0.331 e. The molecule has 0 spiro atoms. The van der Waals surface area contributed by atoms with Gasteiger partial charge in [-0.2, -0.15) is 0 Å². The number of rotatable bonds is 6. The minimum Gasteiger partial charge on any atom is -0.464 e. The van der Waals surface area contributed by atoms with Gasteiger partial charge in [0.15, 0.2) is 5.16 Å². The summed E-state index contributed by atoms with van der Waals surface area (Å²) in [6.45, 7) is 5.96. The van der Waals surface area contributed by atoms with E-state index >= 15 is 0 Å². The summed E-state index contributed by atoms with van der Waals surface area (Å²) in [4.78, 5) is 34.9. The first kappa shape index (κ1) is 20.3. The molecule has 1 N–H and O–H groups in total. The molecule has 1 aromatic heterocycles. The van der Waals surface area contributed by atoms with Crippen molar-refractivity contribution in [2.45, 2.75) is 62.0 Å². The number of ether oxygens (including phenoxy) is 1. The Hall–Kier alpha value is -2.41. The van der Waals surface area contributed by atoms with Gasteiger partial charge in [-0.05, 0) is 75.7 Å². The van der Waals surface area contributed by atoms with Crippen LogP contribution in [-0.4, -0.2) is 34.0 Å². The number of aromatic nitrogens is 2. The lowest BCUT2D eigenvalue weighted by Gasteiger charge is -2.27. The normalized spacial score (nSPS) is 15.2. The minimum absolute atomic E-state index is 0.255. The second-order valence-electron chi connectivity index (χ2n) is 7.02. The lowest BCUT2D eigenvalue weighted by molar-refractivity contribution is -0.150. The van der Waals surface area contributed by atoms with Crippen LogP contribution in [0.4, 0.5) is 0 Å². The summed E-state index contributed by atoms with van der Waals surface area (Å²) in [6, 6.07) is 9.18. The van der Waals surface area contributed by atoms with Crippen molar-refractivity contribution < 1.29 is 14.3 Å². The van der Waals surface area contributed by atoms with E-state index in [4.69, 9.17) is 4.74 Å². The van der Waals surface area contributed by atoms with E-state index in [2.05, 4.69) is 15.3 Å². The summed E-state index contributed by atoms with van der Waals surface area (Å²) in [5.41, 5.74) is 1.47. The van der Waals surface area contributed by atoms with Crippen LogP contribution in [0.15, 0.2) is 40.4 Å². The van der Waals surface area contributed by atoms with E-state index < -0.39 is 5.54 Å². The zero-order valence-corrected chi connectivity index (χ0v) is 17.3. The highest BCUT2D eigenvalue weighted by Gasteiger charge is 2.43. The molecule has 1 aliphatic carbocycles. The summed E-state index contributed by atoms with van der Waals surface area (Å²) >= 11 is 1.45. The predicted molar refractivity (Wildman–Crippen MR) is 107 cm³/mol. The fraction of sp³-hybridized carbons (Fsp3) is 0.429. The molecule has 0 aliphatic heterocycles. The number of nitrogens with zero attached hydrogens (tertiary/aromatic N) is 2. The van der Waals surface area contributed by atoms with E-state index in [0.717, 1.165) is 29.1 Å². The molecule has 0 unspecified atom stereocenters. The second kappa shape index (κ2) is 8.73. The highest BCUT2D eigenvalue weighted by atomic mass is 32.2. The van der Waals surface area contributed by atoms with Crippen molar-refractivity contribution in [3.05, 3.63) is 47.3 Å². The molecule has 148 valence electrons. The molecule has 1 fully saturated rings. The van der Waals surface area contributed by atoms with E-state index in [0.29, 0.717) is 30.2 Å². The molecule has 1 saturated carbocycles. The summed E-state index contributed by atoms with van der Waals surface area (Å²) in [6.07, 6.45) is 3.06. The summed E-state index contributed by atoms with van der Waals surface area (Å²) in [5, 5.41) is 3.61. The largest absolute Gasteiger partial charge is 0.464 e. The molecule has 28 heavy (non-hydrogen) atoms. The highest BCUT2D eigenvalue weighted by molar-refractivity contribution is 7.99. The van der Waals surface area contributed by atoms with Gasteiger partial charge in [-0.3, -0.25) is 4.79 Å². The molecule has 7 heteroatoms. The quantitative estimate of drug-likeness (QED) is 0.587. The van der Waals surface area contributed by atoms with Gasteiger partial charge in [0.25, 0.3) is 5.91 Å². The molecule has 0 radical (unpaired) electrons. The second-order valence-corrected chi connectivity index (χ2v) is 8.06. The van der Waals surface area contributed by atoms with Crippen molar-refractivity contribution in [2.24, 2.45) is 0 Å². The number of hydrogen-bond acceptors (Lipinski definition) is 6. The van der Waals surface area contributed by atoms with Crippen LogP contribution in [0.1, 0.15) is 54.4 Å². The van der Waals surface area contributed by atoms with Crippen LogP contribution >= 0.6 is 11.8 Å². The van der Waals surface area contributed by atoms with E-state index in [1.165, 1.54) is 11.8 Å². The van der Waals surface area contributed by atoms with Gasteiger partial charge in [0.05, 0.1) is 6.61 Å². The Bertz CT molecular complexity index is 841. The summed E-state index contributed by atoms with van der Waals surface area (Å²) in [7, 11) is 0. The molecule has 1 heterocycles. The van der Waals surface area contributed by atoms with Crippen molar-refractivity contribution in [3.8, 4) is 0 Å². The van der Waals surface area contributed by atoms with E-state index in [1.807, 2.05) is 32.0 Å². The molecule has 1 aliphatic rings. The smallest absolute Gasteiger partial charge is 0.331 e. The van der Waals surface area contributed by atoms with Gasteiger partial charge in [-0.1, -0.05) is 12.8 Å². The van der Waals surface area contributed by atoms with Crippen molar-refractivity contribution in [1.29, 1.82) is 0 Å². The van der Waals surface area contributed by atoms with Gasteiger partial charge in [0, 0.05) is 21.8 Å². The van der Waals surface area contributed by atoms with Crippen molar-refractivity contribution in [1.82, 2.24) is 15.3 Å². The van der Waals surface area contributed by atoms with E-state index in [1.54, 1.807) is 19.1 Å². The molecule has 0 atom stereocenters. The van der Waals surface area contributed by atoms with Gasteiger partial charge in [0.1, 0.15) is 5.54 Å². The molecular formula is C21H25N3O3S. The average Bonchev–Trinajstić information content (AvgIpc) is 3.11. The first-order valence-electron chi connectivity index (χ1n) is 9.52. The minimum atomic E-state index is -0.895. The number of nitrogens with one attached hydrogen (secondary N) is 1. The summed E-state index contributed by atoms with van der Waals surface area (Å²) < 4.78 is 5.20. The van der Waals surface area contributed by atoms with Crippen molar-refractivity contribution in [3.63, 3.8) is 0 Å². The van der Waals surface area contributed by atoms with Crippen LogP contribution < -0.4 is 5.32 Å². The average molecular weight is 400 g/mol. The SMILES string of the molecule is CCOC(=O)C1(NC(=O)c2ccc(Sc3nc(C)cc(C)n3)cc2)CCCC1. The Labute approximate surface area is 169 Å². The molecule has 2 aromatic rings. The number of aryl methyl sites for hydroxylation is 2. The van der Waals surface area contributed by atoms with Crippen LogP contribution in [0.5, 0.6) is 0 Å². The van der Waals surface area contributed by atoms with Crippen LogP contribution in [0.25, 0.3) is 0 Å². The first-order chi connectivity index (χ1) is 13.4. The number of hydrogen-bond donors (Lipinski definition) is 1. The predicted octanol–water partition coefficient (Wildman–Crippen LogP) is 3.85. The number of benzene rings is 1. The van der Waals surface area contributed by atoms with Crippen LogP contribution in [-0.2, 0) is 9.53 Å². The third-order valence-corrected chi connectivity index (χ3v) is 5.64. The maximum absolute atomic E-state index is 12.7. The monoisotopic (exact) mass is 399 g/mol. The third-order valence-electron chi connectivity index (χ3n) is 4.76. The Kier molecular flexibility index (Phi) is 6.34. The molecule has 0 bridgehead atoms.